The maximum Gasteiger partial charge on any atom is 0.330 e. The van der Waals surface area contributed by atoms with E-state index in [0.717, 1.165) is 6.08 Å². The highest BCUT2D eigenvalue weighted by atomic mass is 16.7. The molecule has 44 heavy (non-hydrogen) atoms. The van der Waals surface area contributed by atoms with E-state index in [1.54, 1.807) is 6.07 Å². The number of benzene rings is 2. The molecule has 0 saturated carbocycles. The maximum absolute atomic E-state index is 12.4. The molecule has 0 amide bonds. The van der Waals surface area contributed by atoms with E-state index < -0.39 is 74.0 Å². The van der Waals surface area contributed by atoms with Gasteiger partial charge in [0, 0.05) is 6.08 Å². The molecule has 2 fully saturated rings. The van der Waals surface area contributed by atoms with Crippen LogP contribution in [0.5, 0.6) is 23.0 Å². The molecule has 2 aliphatic rings. The lowest BCUT2D eigenvalue weighted by atomic mass is 9.97. The Morgan fingerprint density at radius 1 is 0.795 bits per heavy atom. The van der Waals surface area contributed by atoms with Crippen LogP contribution < -0.4 is 0 Å². The van der Waals surface area contributed by atoms with Gasteiger partial charge < -0.3 is 69.6 Å². The number of aliphatic hydroxyl groups excluding tert-OH is 5. The van der Waals surface area contributed by atoms with Crippen LogP contribution in [0.15, 0.2) is 42.5 Å². The number of hydrogen-bond acceptors (Lipinski definition) is 15. The van der Waals surface area contributed by atoms with E-state index in [9.17, 15) is 50.8 Å². The van der Waals surface area contributed by atoms with E-state index in [4.69, 9.17) is 23.7 Å². The maximum atomic E-state index is 12.4. The van der Waals surface area contributed by atoms with E-state index in [2.05, 4.69) is 0 Å². The van der Waals surface area contributed by atoms with Gasteiger partial charge in [0.05, 0.1) is 12.7 Å². The molecule has 0 radical (unpaired) electrons. The molecule has 2 aromatic rings. The van der Waals surface area contributed by atoms with E-state index in [0.29, 0.717) is 11.1 Å². The molecule has 0 aliphatic carbocycles. The first-order chi connectivity index (χ1) is 20.8. The van der Waals surface area contributed by atoms with Crippen LogP contribution in [0.25, 0.3) is 6.08 Å². The van der Waals surface area contributed by atoms with Crippen molar-refractivity contribution in [1.82, 2.24) is 0 Å². The van der Waals surface area contributed by atoms with Gasteiger partial charge in [-0.3, -0.25) is 0 Å². The van der Waals surface area contributed by atoms with Gasteiger partial charge >= 0.3 is 5.97 Å². The summed E-state index contributed by atoms with van der Waals surface area (Å²) in [4.78, 5) is 12.4. The molecule has 15 nitrogen and oxygen atoms in total. The smallest absolute Gasteiger partial charge is 0.330 e. The third kappa shape index (κ3) is 7.95. The third-order valence-electron chi connectivity index (χ3n) is 7.26. The van der Waals surface area contributed by atoms with Crippen LogP contribution in [0.2, 0.25) is 0 Å². The zero-order valence-corrected chi connectivity index (χ0v) is 23.5. The number of ether oxygens (including phenoxy) is 5. The zero-order chi connectivity index (χ0) is 32.1. The molecule has 0 aromatic heterocycles. The summed E-state index contributed by atoms with van der Waals surface area (Å²) in [6.07, 6.45) is -12.5. The van der Waals surface area contributed by atoms with E-state index in [1.165, 1.54) is 43.3 Å². The summed E-state index contributed by atoms with van der Waals surface area (Å²) in [5.41, 5.74) is 0.962. The van der Waals surface area contributed by atoms with Crippen molar-refractivity contribution in [3.8, 4) is 23.0 Å². The summed E-state index contributed by atoms with van der Waals surface area (Å²) < 4.78 is 27.7. The predicted molar refractivity (Wildman–Crippen MR) is 147 cm³/mol. The number of carbonyl (C=O) groups excluding carboxylic acids is 1. The van der Waals surface area contributed by atoms with Crippen LogP contribution in [-0.4, -0.2) is 127 Å². The molecule has 0 unspecified atom stereocenters. The first-order valence-electron chi connectivity index (χ1n) is 13.7. The molecule has 242 valence electrons. The highest BCUT2D eigenvalue weighted by Crippen LogP contribution is 2.31. The molecule has 10 atom stereocenters. The van der Waals surface area contributed by atoms with Gasteiger partial charge in [-0.2, -0.15) is 0 Å². The summed E-state index contributed by atoms with van der Waals surface area (Å²) in [7, 11) is 0. The lowest BCUT2D eigenvalue weighted by Gasteiger charge is -2.45. The summed E-state index contributed by atoms with van der Waals surface area (Å²) in [6.45, 7) is 0.804. The highest BCUT2D eigenvalue weighted by molar-refractivity contribution is 5.87. The Bertz CT molecular complexity index is 1300. The van der Waals surface area contributed by atoms with Gasteiger partial charge in [0.25, 0.3) is 0 Å². The number of carbonyl (C=O) groups is 1. The SMILES string of the molecule is C[C@@H]1O[C@H](O[C@@H]2[C@@H](O)[C@H](OCCc3ccc(O)c(O)c3)O[C@H](COC(=O)/C=C\c3ccc(O)c(O)c3)[C@H]2O)[C@H](O)[C@H](O)[C@H]1O. The molecule has 2 aromatic carbocycles. The van der Waals surface area contributed by atoms with Gasteiger partial charge in [0.1, 0.15) is 49.3 Å². The molecule has 2 saturated heterocycles. The van der Waals surface area contributed by atoms with Gasteiger partial charge in [0.15, 0.2) is 35.6 Å². The van der Waals surface area contributed by atoms with E-state index in [-0.39, 0.29) is 36.0 Å². The molecule has 15 heteroatoms. The van der Waals surface area contributed by atoms with Gasteiger partial charge in [-0.1, -0.05) is 12.1 Å². The van der Waals surface area contributed by atoms with E-state index in [1.807, 2.05) is 0 Å². The average Bonchev–Trinajstić information content (AvgIpc) is 2.99. The lowest BCUT2D eigenvalue weighted by molar-refractivity contribution is -0.357. The predicted octanol–water partition coefficient (Wildman–Crippen LogP) is -1.02. The minimum absolute atomic E-state index is 0.0754. The van der Waals surface area contributed by atoms with Crippen LogP contribution in [0.1, 0.15) is 18.1 Å². The number of aromatic hydroxyl groups is 4. The van der Waals surface area contributed by atoms with Crippen molar-refractivity contribution in [2.45, 2.75) is 74.8 Å². The minimum atomic E-state index is -1.74. The second-order valence-electron chi connectivity index (χ2n) is 10.5. The Balaban J connectivity index is 1.44. The van der Waals surface area contributed by atoms with Crippen LogP contribution >= 0.6 is 0 Å². The molecule has 2 heterocycles. The Labute approximate surface area is 251 Å². The van der Waals surface area contributed by atoms with Crippen molar-refractivity contribution in [2.24, 2.45) is 0 Å². The molecular weight excluding hydrogens is 588 g/mol. The van der Waals surface area contributed by atoms with Gasteiger partial charge in [-0.05, 0) is 54.8 Å². The molecule has 4 rings (SSSR count). The lowest BCUT2D eigenvalue weighted by Crippen LogP contribution is -2.64. The van der Waals surface area contributed by atoms with Crippen molar-refractivity contribution >= 4 is 12.0 Å². The second-order valence-corrected chi connectivity index (χ2v) is 10.5. The van der Waals surface area contributed by atoms with Crippen molar-refractivity contribution in [3.63, 3.8) is 0 Å². The summed E-state index contributed by atoms with van der Waals surface area (Å²) in [5.74, 6) is -2.23. The van der Waals surface area contributed by atoms with Gasteiger partial charge in [-0.15, -0.1) is 0 Å². The first-order valence-corrected chi connectivity index (χ1v) is 13.7. The largest absolute Gasteiger partial charge is 0.504 e. The zero-order valence-electron chi connectivity index (χ0n) is 23.5. The number of phenols is 4. The second kappa shape index (κ2) is 14.5. The summed E-state index contributed by atoms with van der Waals surface area (Å²) in [5, 5.41) is 90.8. The van der Waals surface area contributed by atoms with Gasteiger partial charge in [-0.25, -0.2) is 4.79 Å². The van der Waals surface area contributed by atoms with Crippen molar-refractivity contribution in [3.05, 3.63) is 53.6 Å². The molecule has 0 spiro atoms. The standard InChI is InChI=1S/C29H36O15/c1-13-22(35)24(37)25(38)29(42-13)44-27-23(36)20(12-41-21(34)7-4-14-2-5-16(30)18(32)10-14)43-28(26(27)39)40-9-8-15-3-6-17(31)19(33)11-15/h2-7,10-11,13,20,22-33,35-39H,8-9,12H2,1H3/b7-4-/t13-,20+,22-,23+,24+,25+,26+,27-,28+,29+/m0/s1. The van der Waals surface area contributed by atoms with Crippen LogP contribution in [0, 0.1) is 0 Å². The normalized spacial score (nSPS) is 32.5. The molecule has 9 N–H and O–H groups in total. The summed E-state index contributed by atoms with van der Waals surface area (Å²) in [6, 6.07) is 8.05. The molecule has 2 aliphatic heterocycles. The van der Waals surface area contributed by atoms with Gasteiger partial charge in [0.2, 0.25) is 0 Å². The van der Waals surface area contributed by atoms with Crippen molar-refractivity contribution < 1.29 is 74.4 Å². The average molecular weight is 625 g/mol. The quantitative estimate of drug-likeness (QED) is 0.0873. The Morgan fingerprint density at radius 3 is 2.16 bits per heavy atom. The fourth-order valence-electron chi connectivity index (χ4n) is 4.66. The first kappa shape index (κ1) is 33.4. The Hall–Kier alpha value is -3.51. The Morgan fingerprint density at radius 2 is 1.48 bits per heavy atom. The third-order valence-corrected chi connectivity index (χ3v) is 7.26. The fraction of sp³-hybridized carbons (Fsp3) is 0.483. The number of esters is 1. The number of phenolic OH excluding ortho intramolecular Hbond substituents is 4. The number of hydrogen-bond donors (Lipinski definition) is 9. The summed E-state index contributed by atoms with van der Waals surface area (Å²) >= 11 is 0. The number of aliphatic hydroxyl groups is 5. The highest BCUT2D eigenvalue weighted by Gasteiger charge is 2.50. The van der Waals surface area contributed by atoms with E-state index >= 15 is 0 Å². The number of rotatable bonds is 10. The van der Waals surface area contributed by atoms with Crippen LogP contribution in [-0.2, 0) is 34.9 Å². The van der Waals surface area contributed by atoms with Crippen LogP contribution in [0.4, 0.5) is 0 Å². The molecule has 0 bridgehead atoms. The molecular formula is C29H36O15. The monoisotopic (exact) mass is 624 g/mol. The fourth-order valence-corrected chi connectivity index (χ4v) is 4.66. The van der Waals surface area contributed by atoms with Crippen molar-refractivity contribution in [1.29, 1.82) is 0 Å². The topological polar surface area (TPSA) is 245 Å². The minimum Gasteiger partial charge on any atom is -0.504 e. The van der Waals surface area contributed by atoms with Crippen molar-refractivity contribution in [2.75, 3.05) is 13.2 Å². The van der Waals surface area contributed by atoms with Crippen LogP contribution in [0.3, 0.4) is 0 Å². The Kier molecular flexibility index (Phi) is 11.0.